The number of carbonyl (C=O) groups excluding carboxylic acids is 2. The number of carbonyl (C=O) groups is 2. The molecule has 1 saturated carbocycles. The summed E-state index contributed by atoms with van der Waals surface area (Å²) in [6.07, 6.45) is 7.54. The van der Waals surface area contributed by atoms with Crippen LogP contribution in [-0.2, 0) is 22.7 Å². The van der Waals surface area contributed by atoms with E-state index in [0.717, 1.165) is 44.3 Å². The number of aryl methyl sites for hydroxylation is 1. The highest BCUT2D eigenvalue weighted by molar-refractivity contribution is 5.84. The Labute approximate surface area is 193 Å². The number of halogens is 1. The van der Waals surface area contributed by atoms with E-state index in [1.165, 1.54) is 12.1 Å². The van der Waals surface area contributed by atoms with Crippen molar-refractivity contribution in [3.63, 3.8) is 0 Å². The number of piperazine rings is 1. The summed E-state index contributed by atoms with van der Waals surface area (Å²) in [5.74, 6) is -0.291. The number of hydrogen-bond acceptors (Lipinski definition) is 5. The van der Waals surface area contributed by atoms with Gasteiger partial charge in [-0.1, -0.05) is 12.1 Å². The zero-order valence-corrected chi connectivity index (χ0v) is 18.7. The van der Waals surface area contributed by atoms with Gasteiger partial charge in [-0.25, -0.2) is 9.40 Å². The van der Waals surface area contributed by atoms with E-state index in [-0.39, 0.29) is 41.7 Å². The van der Waals surface area contributed by atoms with Crippen LogP contribution in [0.1, 0.15) is 37.7 Å². The molecule has 2 aromatic rings. The Bertz CT molecular complexity index is 983. The molecule has 2 aliphatic heterocycles. The van der Waals surface area contributed by atoms with E-state index in [1.807, 2.05) is 27.9 Å². The number of fused-ring (bicyclic) bond motifs is 3. The molecule has 2 amide bonds. The molecule has 4 atom stereocenters. The summed E-state index contributed by atoms with van der Waals surface area (Å²) in [5, 5.41) is 9.39. The molecule has 33 heavy (non-hydrogen) atoms. The molecule has 0 radical (unpaired) electrons. The quantitative estimate of drug-likeness (QED) is 0.623. The Kier molecular flexibility index (Phi) is 6.41. The van der Waals surface area contributed by atoms with Crippen LogP contribution in [-0.4, -0.2) is 62.7 Å². The van der Waals surface area contributed by atoms with Gasteiger partial charge >= 0.3 is 0 Å². The number of rotatable bonds is 7. The number of aromatic nitrogens is 2. The summed E-state index contributed by atoms with van der Waals surface area (Å²) in [6, 6.07) is 8.26. The van der Waals surface area contributed by atoms with E-state index >= 15 is 0 Å². The summed E-state index contributed by atoms with van der Waals surface area (Å²) < 4.78 is 15.6. The molecule has 1 aliphatic carbocycles. The Hall–Kier alpha value is -2.78. The third-order valence-corrected chi connectivity index (χ3v) is 7.19. The van der Waals surface area contributed by atoms with Gasteiger partial charge in [-0.2, -0.15) is 5.10 Å². The van der Waals surface area contributed by atoms with Gasteiger partial charge in [0.1, 0.15) is 11.9 Å². The third kappa shape index (κ3) is 4.65. The van der Waals surface area contributed by atoms with Gasteiger partial charge < -0.3 is 10.2 Å². The summed E-state index contributed by atoms with van der Waals surface area (Å²) >= 11 is 0. The molecule has 176 valence electrons. The molecule has 0 spiro atoms. The van der Waals surface area contributed by atoms with Crippen molar-refractivity contribution in [3.05, 3.63) is 54.1 Å². The van der Waals surface area contributed by atoms with Crippen LogP contribution in [0.3, 0.4) is 0 Å². The zero-order valence-electron chi connectivity index (χ0n) is 18.7. The number of hydrazine groups is 1. The molecule has 3 aliphatic rings. The Morgan fingerprint density at radius 1 is 1.21 bits per heavy atom. The van der Waals surface area contributed by atoms with Crippen LogP contribution < -0.4 is 10.7 Å². The highest BCUT2D eigenvalue weighted by atomic mass is 19.1. The van der Waals surface area contributed by atoms with Crippen molar-refractivity contribution in [2.45, 2.75) is 63.3 Å². The summed E-state index contributed by atoms with van der Waals surface area (Å²) in [6.45, 7) is 2.53. The Morgan fingerprint density at radius 3 is 2.94 bits per heavy atom. The van der Waals surface area contributed by atoms with Crippen LogP contribution in [0.5, 0.6) is 0 Å². The minimum atomic E-state index is -0.298. The molecule has 1 aromatic carbocycles. The van der Waals surface area contributed by atoms with Crippen LogP contribution in [0, 0.1) is 11.7 Å². The molecule has 2 N–H and O–H groups in total. The summed E-state index contributed by atoms with van der Waals surface area (Å²) in [4.78, 5) is 28.2. The first kappa shape index (κ1) is 22.0. The van der Waals surface area contributed by atoms with E-state index in [9.17, 15) is 14.0 Å². The maximum absolute atomic E-state index is 13.8. The third-order valence-electron chi connectivity index (χ3n) is 7.19. The molecular formula is C24H31FN6O2. The normalized spacial score (nSPS) is 27.3. The summed E-state index contributed by atoms with van der Waals surface area (Å²) in [7, 11) is 0. The lowest BCUT2D eigenvalue weighted by molar-refractivity contribution is -0.157. The van der Waals surface area contributed by atoms with Crippen molar-refractivity contribution in [1.29, 1.82) is 0 Å². The maximum Gasteiger partial charge on any atom is 0.242 e. The second-order valence-corrected chi connectivity index (χ2v) is 9.27. The lowest BCUT2D eigenvalue weighted by Gasteiger charge is -2.51. The van der Waals surface area contributed by atoms with Gasteiger partial charge in [0.25, 0.3) is 0 Å². The molecule has 0 bridgehead atoms. The largest absolute Gasteiger partial charge is 0.356 e. The second-order valence-electron chi connectivity index (χ2n) is 9.27. The molecule has 5 rings (SSSR count). The fraction of sp³-hybridized carbons (Fsp3) is 0.542. The molecule has 9 heteroatoms. The first-order valence-electron chi connectivity index (χ1n) is 11.9. The first-order chi connectivity index (χ1) is 16.1. The lowest BCUT2D eigenvalue weighted by atomic mass is 9.78. The molecular weight excluding hydrogens is 423 g/mol. The van der Waals surface area contributed by atoms with Crippen LogP contribution in [0.15, 0.2) is 42.7 Å². The predicted molar refractivity (Wildman–Crippen MR) is 120 cm³/mol. The molecule has 3 fully saturated rings. The van der Waals surface area contributed by atoms with Gasteiger partial charge in [0, 0.05) is 56.6 Å². The average molecular weight is 455 g/mol. The summed E-state index contributed by atoms with van der Waals surface area (Å²) in [5.41, 5.74) is 4.18. The predicted octanol–water partition coefficient (Wildman–Crippen LogP) is 1.69. The number of hydrogen-bond donors (Lipinski definition) is 2. The van der Waals surface area contributed by atoms with Crippen molar-refractivity contribution in [2.75, 3.05) is 13.1 Å². The lowest BCUT2D eigenvalue weighted by Crippen LogP contribution is -2.68. The van der Waals surface area contributed by atoms with Crippen LogP contribution in [0.25, 0.3) is 0 Å². The topological polar surface area (TPSA) is 82.5 Å². The molecule has 1 aromatic heterocycles. The SMILES string of the molecule is O=C(NCCCn1cccn1)C1CCC2C(C1)N(Cc1cccc(F)c1)C(=O)C1CCNN12. The molecule has 2 saturated heterocycles. The van der Waals surface area contributed by atoms with Gasteiger partial charge in [-0.05, 0) is 55.9 Å². The van der Waals surface area contributed by atoms with Gasteiger partial charge in [0.2, 0.25) is 11.8 Å². The molecule has 8 nitrogen and oxygen atoms in total. The average Bonchev–Trinajstić information content (AvgIpc) is 3.51. The minimum Gasteiger partial charge on any atom is -0.356 e. The maximum atomic E-state index is 13.8. The van der Waals surface area contributed by atoms with E-state index in [0.29, 0.717) is 19.5 Å². The van der Waals surface area contributed by atoms with E-state index in [2.05, 4.69) is 20.9 Å². The van der Waals surface area contributed by atoms with Gasteiger partial charge in [0.15, 0.2) is 0 Å². The second kappa shape index (κ2) is 9.61. The van der Waals surface area contributed by atoms with E-state index < -0.39 is 0 Å². The van der Waals surface area contributed by atoms with Gasteiger partial charge in [0.05, 0.1) is 0 Å². The van der Waals surface area contributed by atoms with Crippen LogP contribution >= 0.6 is 0 Å². The highest BCUT2D eigenvalue weighted by Crippen LogP contribution is 2.38. The van der Waals surface area contributed by atoms with Crippen molar-refractivity contribution in [3.8, 4) is 0 Å². The number of nitrogens with one attached hydrogen (secondary N) is 2. The van der Waals surface area contributed by atoms with Crippen LogP contribution in [0.2, 0.25) is 0 Å². The monoisotopic (exact) mass is 454 g/mol. The van der Waals surface area contributed by atoms with Gasteiger partial charge in [-0.3, -0.25) is 19.7 Å². The Morgan fingerprint density at radius 2 is 2.12 bits per heavy atom. The van der Waals surface area contributed by atoms with Crippen LogP contribution in [0.4, 0.5) is 4.39 Å². The zero-order chi connectivity index (χ0) is 22.8. The van der Waals surface area contributed by atoms with E-state index in [1.54, 1.807) is 12.3 Å². The fourth-order valence-corrected chi connectivity index (χ4v) is 5.61. The van der Waals surface area contributed by atoms with Crippen molar-refractivity contribution >= 4 is 11.8 Å². The smallest absolute Gasteiger partial charge is 0.242 e. The number of benzene rings is 1. The highest BCUT2D eigenvalue weighted by Gasteiger charge is 2.51. The van der Waals surface area contributed by atoms with E-state index in [4.69, 9.17) is 0 Å². The first-order valence-corrected chi connectivity index (χ1v) is 11.9. The molecule has 3 heterocycles. The van der Waals surface area contributed by atoms with Crippen molar-refractivity contribution in [1.82, 2.24) is 30.4 Å². The fourth-order valence-electron chi connectivity index (χ4n) is 5.61. The number of nitrogens with zero attached hydrogens (tertiary/aromatic N) is 4. The Balaban J connectivity index is 1.25. The van der Waals surface area contributed by atoms with Crippen molar-refractivity contribution in [2.24, 2.45) is 5.92 Å². The number of amides is 2. The van der Waals surface area contributed by atoms with Crippen molar-refractivity contribution < 1.29 is 14.0 Å². The molecule has 4 unspecified atom stereocenters. The van der Waals surface area contributed by atoms with Gasteiger partial charge in [-0.15, -0.1) is 0 Å². The minimum absolute atomic E-state index is 0.0589. The standard InChI is InChI=1S/C24H31FN6O2/c25-19-5-1-4-17(14-19)16-30-22-15-18(23(32)26-9-2-12-29-13-3-10-27-29)6-7-20(22)31-21(24(30)33)8-11-28-31/h1,3-5,10,13-14,18,20-22,28H,2,6-9,11-12,15-16H2,(H,26,32).